The first-order valence-electron chi connectivity index (χ1n) is 4.82. The molecule has 2 aromatic rings. The third kappa shape index (κ3) is 2.69. The normalized spacial score (nSPS) is 10.2. The molecule has 0 saturated heterocycles. The molecule has 0 radical (unpaired) electrons. The molecule has 0 aromatic heterocycles. The molecule has 15 heavy (non-hydrogen) atoms. The van der Waals surface area contributed by atoms with E-state index in [2.05, 4.69) is 30.3 Å². The Kier molecular flexibility index (Phi) is 3.57. The van der Waals surface area contributed by atoms with E-state index in [1.165, 1.54) is 8.92 Å². The second-order valence-corrected chi connectivity index (χ2v) is 5.52. The Bertz CT molecular complexity index is 426. The standard InChI is InChI=1S/C13H12OSe/c14-10-11-6-4-5-9-13(11)15-12-7-2-1-3-8-12/h1-9,14H,10H2. The monoisotopic (exact) mass is 264 g/mol. The van der Waals surface area contributed by atoms with E-state index in [9.17, 15) is 5.11 Å². The van der Waals surface area contributed by atoms with Crippen LogP contribution >= 0.6 is 0 Å². The van der Waals surface area contributed by atoms with Crippen LogP contribution in [0.15, 0.2) is 54.6 Å². The molecule has 1 N–H and O–H groups in total. The van der Waals surface area contributed by atoms with Gasteiger partial charge in [0.15, 0.2) is 0 Å². The minimum atomic E-state index is 0.130. The number of benzene rings is 2. The molecular formula is C13H12OSe. The van der Waals surface area contributed by atoms with Gasteiger partial charge in [0, 0.05) is 0 Å². The van der Waals surface area contributed by atoms with Crippen LogP contribution in [0.4, 0.5) is 0 Å². The van der Waals surface area contributed by atoms with Crippen molar-refractivity contribution in [2.75, 3.05) is 0 Å². The van der Waals surface area contributed by atoms with Gasteiger partial charge in [-0.15, -0.1) is 0 Å². The molecule has 0 aliphatic heterocycles. The molecule has 0 aliphatic carbocycles. The predicted octanol–water partition coefficient (Wildman–Crippen LogP) is 0.834. The molecule has 0 aliphatic rings. The summed E-state index contributed by atoms with van der Waals surface area (Å²) in [5.74, 6) is 0. The van der Waals surface area contributed by atoms with E-state index in [-0.39, 0.29) is 6.61 Å². The van der Waals surface area contributed by atoms with Gasteiger partial charge < -0.3 is 0 Å². The zero-order valence-electron chi connectivity index (χ0n) is 8.26. The first kappa shape index (κ1) is 10.4. The van der Waals surface area contributed by atoms with Crippen LogP contribution in [0.1, 0.15) is 5.56 Å². The maximum absolute atomic E-state index is 9.21. The van der Waals surface area contributed by atoms with Crippen molar-refractivity contribution in [2.45, 2.75) is 6.61 Å². The van der Waals surface area contributed by atoms with Crippen LogP contribution in [-0.2, 0) is 6.61 Å². The van der Waals surface area contributed by atoms with E-state index in [4.69, 9.17) is 0 Å². The molecule has 76 valence electrons. The number of aliphatic hydroxyl groups is 1. The van der Waals surface area contributed by atoms with Gasteiger partial charge in [-0.1, -0.05) is 0 Å². The van der Waals surface area contributed by atoms with Crippen LogP contribution in [0.5, 0.6) is 0 Å². The van der Waals surface area contributed by atoms with E-state index in [1.807, 2.05) is 24.3 Å². The zero-order valence-corrected chi connectivity index (χ0v) is 9.97. The molecule has 0 saturated carbocycles. The van der Waals surface area contributed by atoms with Gasteiger partial charge in [-0.05, 0) is 0 Å². The molecule has 0 bridgehead atoms. The fraction of sp³-hybridized carbons (Fsp3) is 0.0769. The van der Waals surface area contributed by atoms with Crippen LogP contribution in [0, 0.1) is 0 Å². The molecule has 2 aromatic carbocycles. The summed E-state index contributed by atoms with van der Waals surface area (Å²) in [4.78, 5) is 0. The van der Waals surface area contributed by atoms with Gasteiger partial charge in [-0.25, -0.2) is 0 Å². The second-order valence-electron chi connectivity index (χ2n) is 3.18. The van der Waals surface area contributed by atoms with Crippen LogP contribution in [0.2, 0.25) is 0 Å². The molecule has 0 unspecified atom stereocenters. The Labute approximate surface area is 95.9 Å². The molecule has 0 amide bonds. The van der Waals surface area contributed by atoms with E-state index in [0.29, 0.717) is 15.0 Å². The van der Waals surface area contributed by atoms with E-state index in [1.54, 1.807) is 0 Å². The van der Waals surface area contributed by atoms with Crippen LogP contribution in [0.3, 0.4) is 0 Å². The Morgan fingerprint density at radius 3 is 2.27 bits per heavy atom. The zero-order chi connectivity index (χ0) is 10.5. The van der Waals surface area contributed by atoms with Gasteiger partial charge in [0.25, 0.3) is 0 Å². The summed E-state index contributed by atoms with van der Waals surface area (Å²) >= 11 is 0.292. The van der Waals surface area contributed by atoms with Crippen molar-refractivity contribution in [3.05, 3.63) is 60.2 Å². The van der Waals surface area contributed by atoms with Crippen molar-refractivity contribution >= 4 is 23.9 Å². The summed E-state index contributed by atoms with van der Waals surface area (Å²) in [5, 5.41) is 9.21. The average Bonchev–Trinajstić information content (AvgIpc) is 2.31. The minimum absolute atomic E-state index is 0.130. The molecular weight excluding hydrogens is 251 g/mol. The Morgan fingerprint density at radius 1 is 0.867 bits per heavy atom. The summed E-state index contributed by atoms with van der Waals surface area (Å²) in [5.41, 5.74) is 1.04. The summed E-state index contributed by atoms with van der Waals surface area (Å²) in [6, 6.07) is 18.5. The number of aliphatic hydroxyl groups excluding tert-OH is 1. The van der Waals surface area contributed by atoms with Gasteiger partial charge in [-0.2, -0.15) is 0 Å². The first-order valence-corrected chi connectivity index (χ1v) is 6.53. The summed E-state index contributed by atoms with van der Waals surface area (Å²) in [7, 11) is 0. The van der Waals surface area contributed by atoms with Gasteiger partial charge in [0.2, 0.25) is 0 Å². The van der Waals surface area contributed by atoms with E-state index in [0.717, 1.165) is 5.56 Å². The SMILES string of the molecule is OCc1ccccc1[Se]c1ccccc1. The van der Waals surface area contributed by atoms with Crippen molar-refractivity contribution in [2.24, 2.45) is 0 Å². The molecule has 0 heterocycles. The molecule has 1 nitrogen and oxygen atoms in total. The second kappa shape index (κ2) is 5.13. The molecule has 0 atom stereocenters. The molecule has 0 fully saturated rings. The number of hydrogen-bond acceptors (Lipinski definition) is 1. The summed E-state index contributed by atoms with van der Waals surface area (Å²) in [6.45, 7) is 0.130. The van der Waals surface area contributed by atoms with Crippen LogP contribution in [-0.4, -0.2) is 20.1 Å². The average molecular weight is 263 g/mol. The van der Waals surface area contributed by atoms with Crippen molar-refractivity contribution in [1.82, 2.24) is 0 Å². The Balaban J connectivity index is 2.24. The van der Waals surface area contributed by atoms with E-state index >= 15 is 0 Å². The number of hydrogen-bond donors (Lipinski definition) is 1. The van der Waals surface area contributed by atoms with Gasteiger partial charge in [0.05, 0.1) is 0 Å². The third-order valence-corrected chi connectivity index (χ3v) is 4.48. The van der Waals surface area contributed by atoms with Crippen molar-refractivity contribution in [1.29, 1.82) is 0 Å². The fourth-order valence-electron chi connectivity index (χ4n) is 1.35. The van der Waals surface area contributed by atoms with Crippen LogP contribution in [0.25, 0.3) is 0 Å². The predicted molar refractivity (Wildman–Crippen MR) is 63.8 cm³/mol. The quantitative estimate of drug-likeness (QED) is 0.813. The van der Waals surface area contributed by atoms with Gasteiger partial charge >= 0.3 is 95.8 Å². The van der Waals surface area contributed by atoms with Gasteiger partial charge in [-0.3, -0.25) is 0 Å². The fourth-order valence-corrected chi connectivity index (χ4v) is 3.36. The molecule has 2 heteroatoms. The topological polar surface area (TPSA) is 20.2 Å². The maximum atomic E-state index is 9.21. The molecule has 2 rings (SSSR count). The Hall–Kier alpha value is -1.08. The van der Waals surface area contributed by atoms with Gasteiger partial charge in [0.1, 0.15) is 0 Å². The summed E-state index contributed by atoms with van der Waals surface area (Å²) in [6.07, 6.45) is 0. The number of rotatable bonds is 3. The first-order chi connectivity index (χ1) is 7.40. The van der Waals surface area contributed by atoms with Crippen molar-refractivity contribution < 1.29 is 5.11 Å². The van der Waals surface area contributed by atoms with Crippen molar-refractivity contribution in [3.63, 3.8) is 0 Å². The summed E-state index contributed by atoms with van der Waals surface area (Å²) < 4.78 is 2.60. The Morgan fingerprint density at radius 2 is 1.53 bits per heavy atom. The van der Waals surface area contributed by atoms with Crippen LogP contribution < -0.4 is 8.92 Å². The third-order valence-electron chi connectivity index (χ3n) is 2.11. The van der Waals surface area contributed by atoms with Crippen molar-refractivity contribution in [3.8, 4) is 0 Å². The van der Waals surface area contributed by atoms with E-state index < -0.39 is 0 Å². The molecule has 0 spiro atoms.